The molecule has 142 valence electrons. The van der Waals surface area contributed by atoms with Gasteiger partial charge in [-0.3, -0.25) is 9.69 Å². The van der Waals surface area contributed by atoms with E-state index in [1.54, 1.807) is 4.90 Å². The Morgan fingerprint density at radius 2 is 1.75 bits per heavy atom. The molecular weight excluding hydrogens is 386 g/mol. The Kier molecular flexibility index (Phi) is 4.77. The zero-order chi connectivity index (χ0) is 20.0. The summed E-state index contributed by atoms with van der Waals surface area (Å²) in [5.74, 6) is -0.0695. The molecule has 0 unspecified atom stereocenters. The molecular formula is C22H21N3OS2. The van der Waals surface area contributed by atoms with Crippen molar-refractivity contribution in [1.29, 1.82) is 0 Å². The standard InChI is InChI=1S/C22H21N3OS2/c1-14-18(17-7-5-6-8-19(17)24(14)4)13-20-21(26)25(22(27)28-20)16-11-9-15(10-12-16)23(2)3/h5-13H,1-4H3/b20-13-. The maximum Gasteiger partial charge on any atom is 0.270 e. The molecule has 0 bridgehead atoms. The maximum absolute atomic E-state index is 13.1. The highest BCUT2D eigenvalue weighted by Gasteiger charge is 2.33. The Hall–Kier alpha value is -2.57. The first-order valence-electron chi connectivity index (χ1n) is 8.98. The smallest absolute Gasteiger partial charge is 0.270 e. The molecule has 0 aliphatic carbocycles. The van der Waals surface area contributed by atoms with Crippen molar-refractivity contribution in [2.24, 2.45) is 7.05 Å². The molecule has 4 rings (SSSR count). The number of carbonyl (C=O) groups is 1. The Balaban J connectivity index is 1.73. The minimum Gasteiger partial charge on any atom is -0.378 e. The summed E-state index contributed by atoms with van der Waals surface area (Å²) in [6.07, 6.45) is 1.98. The third-order valence-corrected chi connectivity index (χ3v) is 6.44. The van der Waals surface area contributed by atoms with Gasteiger partial charge < -0.3 is 9.47 Å². The summed E-state index contributed by atoms with van der Waals surface area (Å²) in [6.45, 7) is 2.08. The highest BCUT2D eigenvalue weighted by atomic mass is 32.2. The van der Waals surface area contributed by atoms with Crippen LogP contribution in [0.25, 0.3) is 17.0 Å². The summed E-state index contributed by atoms with van der Waals surface area (Å²) in [4.78, 5) is 17.4. The molecule has 1 fully saturated rings. The first-order valence-corrected chi connectivity index (χ1v) is 10.2. The van der Waals surface area contributed by atoms with Crippen LogP contribution in [-0.4, -0.2) is 28.9 Å². The van der Waals surface area contributed by atoms with E-state index >= 15 is 0 Å². The van der Waals surface area contributed by atoms with E-state index < -0.39 is 0 Å². The van der Waals surface area contributed by atoms with E-state index in [-0.39, 0.29) is 5.91 Å². The molecule has 0 atom stereocenters. The van der Waals surface area contributed by atoms with Crippen molar-refractivity contribution in [3.8, 4) is 0 Å². The number of fused-ring (bicyclic) bond motifs is 1. The number of nitrogens with zero attached hydrogens (tertiary/aromatic N) is 3. The summed E-state index contributed by atoms with van der Waals surface area (Å²) < 4.78 is 2.72. The van der Waals surface area contributed by atoms with Crippen molar-refractivity contribution < 1.29 is 4.79 Å². The molecule has 0 N–H and O–H groups in total. The number of benzene rings is 2. The predicted octanol–water partition coefficient (Wildman–Crippen LogP) is 4.96. The Labute approximate surface area is 174 Å². The second-order valence-corrected chi connectivity index (χ2v) is 8.68. The zero-order valence-corrected chi connectivity index (χ0v) is 17.9. The van der Waals surface area contributed by atoms with Gasteiger partial charge in [-0.05, 0) is 43.3 Å². The lowest BCUT2D eigenvalue weighted by Crippen LogP contribution is -2.27. The van der Waals surface area contributed by atoms with Crippen molar-refractivity contribution in [1.82, 2.24) is 4.57 Å². The average Bonchev–Trinajstić information content (AvgIpc) is 3.10. The lowest BCUT2D eigenvalue weighted by atomic mass is 10.1. The number of hydrogen-bond acceptors (Lipinski definition) is 4. The van der Waals surface area contributed by atoms with E-state index in [1.807, 2.05) is 68.5 Å². The van der Waals surface area contributed by atoms with Crippen LogP contribution in [0.3, 0.4) is 0 Å². The van der Waals surface area contributed by atoms with Crippen LogP contribution in [0.15, 0.2) is 53.4 Å². The average molecular weight is 408 g/mol. The first kappa shape index (κ1) is 18.8. The van der Waals surface area contributed by atoms with Gasteiger partial charge in [0.1, 0.15) is 0 Å². The van der Waals surface area contributed by atoms with Crippen LogP contribution in [0.4, 0.5) is 11.4 Å². The van der Waals surface area contributed by atoms with Crippen LogP contribution in [0.1, 0.15) is 11.3 Å². The van der Waals surface area contributed by atoms with Crippen LogP contribution in [0.2, 0.25) is 0 Å². The number of anilines is 2. The minimum absolute atomic E-state index is 0.0695. The number of para-hydroxylation sites is 1. The predicted molar refractivity (Wildman–Crippen MR) is 124 cm³/mol. The normalized spacial score (nSPS) is 15.9. The van der Waals surface area contributed by atoms with Crippen LogP contribution >= 0.6 is 24.0 Å². The fourth-order valence-electron chi connectivity index (χ4n) is 3.45. The number of aryl methyl sites for hydroxylation is 1. The van der Waals surface area contributed by atoms with Gasteiger partial charge in [0, 0.05) is 49.0 Å². The van der Waals surface area contributed by atoms with Crippen LogP contribution in [-0.2, 0) is 11.8 Å². The van der Waals surface area contributed by atoms with Gasteiger partial charge in [0.25, 0.3) is 5.91 Å². The number of amides is 1. The Morgan fingerprint density at radius 3 is 2.43 bits per heavy atom. The number of rotatable bonds is 3. The number of carbonyl (C=O) groups excluding carboxylic acids is 1. The van der Waals surface area contributed by atoms with Gasteiger partial charge in [-0.15, -0.1) is 0 Å². The SMILES string of the molecule is Cc1c(/C=C2\SC(=S)N(c3ccc(N(C)C)cc3)C2=O)c2ccccc2n1C. The summed E-state index contributed by atoms with van der Waals surface area (Å²) in [6, 6.07) is 16.1. The number of hydrogen-bond donors (Lipinski definition) is 0. The molecule has 2 aromatic carbocycles. The van der Waals surface area contributed by atoms with Crippen molar-refractivity contribution in [2.45, 2.75) is 6.92 Å². The van der Waals surface area contributed by atoms with Crippen molar-refractivity contribution in [3.63, 3.8) is 0 Å². The lowest BCUT2D eigenvalue weighted by molar-refractivity contribution is -0.113. The van der Waals surface area contributed by atoms with Gasteiger partial charge in [0.05, 0.1) is 10.6 Å². The fourth-order valence-corrected chi connectivity index (χ4v) is 4.73. The highest BCUT2D eigenvalue weighted by molar-refractivity contribution is 8.27. The summed E-state index contributed by atoms with van der Waals surface area (Å²) in [5, 5.41) is 1.14. The molecule has 0 saturated carbocycles. The molecule has 1 aliphatic heterocycles. The molecule has 4 nitrogen and oxygen atoms in total. The van der Waals surface area contributed by atoms with Crippen molar-refractivity contribution >= 4 is 62.6 Å². The molecule has 1 saturated heterocycles. The molecule has 1 amide bonds. The first-order chi connectivity index (χ1) is 13.4. The van der Waals surface area contributed by atoms with Crippen LogP contribution < -0.4 is 9.80 Å². The Morgan fingerprint density at radius 1 is 1.07 bits per heavy atom. The summed E-state index contributed by atoms with van der Waals surface area (Å²) in [7, 11) is 6.03. The van der Waals surface area contributed by atoms with Crippen molar-refractivity contribution in [3.05, 3.63) is 64.7 Å². The van der Waals surface area contributed by atoms with Crippen molar-refractivity contribution in [2.75, 3.05) is 23.9 Å². The third kappa shape index (κ3) is 3.02. The molecule has 28 heavy (non-hydrogen) atoms. The van der Waals surface area contributed by atoms with Gasteiger partial charge >= 0.3 is 0 Å². The monoisotopic (exact) mass is 407 g/mol. The Bertz CT molecular complexity index is 1130. The van der Waals surface area contributed by atoms with E-state index in [1.165, 1.54) is 11.8 Å². The molecule has 2 heterocycles. The highest BCUT2D eigenvalue weighted by Crippen LogP contribution is 2.38. The van der Waals surface area contributed by atoms with Gasteiger partial charge in [-0.25, -0.2) is 0 Å². The molecule has 0 spiro atoms. The molecule has 6 heteroatoms. The van der Waals surface area contributed by atoms with E-state index in [0.717, 1.165) is 33.5 Å². The van der Waals surface area contributed by atoms with Gasteiger partial charge in [-0.1, -0.05) is 42.2 Å². The van der Waals surface area contributed by atoms with E-state index in [0.29, 0.717) is 9.23 Å². The van der Waals surface area contributed by atoms with E-state index in [4.69, 9.17) is 12.2 Å². The summed E-state index contributed by atoms with van der Waals surface area (Å²) >= 11 is 6.88. The van der Waals surface area contributed by atoms with Gasteiger partial charge in [-0.2, -0.15) is 0 Å². The third-order valence-electron chi connectivity index (χ3n) is 5.14. The number of thiocarbonyl (C=S) groups is 1. The second kappa shape index (κ2) is 7.11. The number of aromatic nitrogens is 1. The molecule has 1 aromatic heterocycles. The molecule has 1 aliphatic rings. The second-order valence-electron chi connectivity index (χ2n) is 7.00. The largest absolute Gasteiger partial charge is 0.378 e. The maximum atomic E-state index is 13.1. The fraction of sp³-hybridized carbons (Fsp3) is 0.182. The van der Waals surface area contributed by atoms with Gasteiger partial charge in [0.2, 0.25) is 0 Å². The molecule has 3 aromatic rings. The summed E-state index contributed by atoms with van der Waals surface area (Å²) in [5.41, 5.74) is 5.23. The quantitative estimate of drug-likeness (QED) is 0.453. The zero-order valence-electron chi connectivity index (χ0n) is 16.3. The minimum atomic E-state index is -0.0695. The van der Waals surface area contributed by atoms with Crippen LogP contribution in [0, 0.1) is 6.92 Å². The van der Waals surface area contributed by atoms with E-state index in [9.17, 15) is 4.79 Å². The number of thioether (sulfide) groups is 1. The van der Waals surface area contributed by atoms with Gasteiger partial charge in [0.15, 0.2) is 4.32 Å². The topological polar surface area (TPSA) is 28.5 Å². The lowest BCUT2D eigenvalue weighted by Gasteiger charge is -2.17. The van der Waals surface area contributed by atoms with E-state index in [2.05, 4.69) is 23.6 Å². The molecule has 0 radical (unpaired) electrons. The van der Waals surface area contributed by atoms with Crippen LogP contribution in [0.5, 0.6) is 0 Å².